The van der Waals surface area contributed by atoms with Crippen molar-refractivity contribution < 1.29 is 38.1 Å². The third kappa shape index (κ3) is 7.83. The van der Waals surface area contributed by atoms with Crippen molar-refractivity contribution in [3.8, 4) is 28.4 Å². The highest BCUT2D eigenvalue weighted by Gasteiger charge is 2.11. The van der Waals surface area contributed by atoms with E-state index in [4.69, 9.17) is 23.7 Å². The number of carbonyl (C=O) groups excluding carboxylic acids is 3. The lowest BCUT2D eigenvalue weighted by Gasteiger charge is -2.10. The summed E-state index contributed by atoms with van der Waals surface area (Å²) in [4.78, 5) is 35.5. The smallest absolute Gasteiger partial charge is 0.343 e. The van der Waals surface area contributed by atoms with Gasteiger partial charge in [-0.05, 0) is 90.3 Å². The zero-order valence-electron chi connectivity index (χ0n) is 22.7. The summed E-state index contributed by atoms with van der Waals surface area (Å²) in [5.41, 5.74) is 2.90. The van der Waals surface area contributed by atoms with Crippen LogP contribution in [0.4, 0.5) is 0 Å². The van der Waals surface area contributed by atoms with Gasteiger partial charge in [0, 0.05) is 11.1 Å². The molecule has 0 radical (unpaired) electrons. The molecule has 0 saturated heterocycles. The molecule has 0 aliphatic heterocycles. The molecule has 8 nitrogen and oxygen atoms in total. The van der Waals surface area contributed by atoms with Gasteiger partial charge in [-0.1, -0.05) is 43.5 Å². The Morgan fingerprint density at radius 3 is 1.68 bits per heavy atom. The first-order chi connectivity index (χ1) is 19.7. The van der Waals surface area contributed by atoms with E-state index in [1.165, 1.54) is 0 Å². The summed E-state index contributed by atoms with van der Waals surface area (Å²) in [6.45, 7) is 9.70. The fraction of sp³-hybridized carbons (Fsp3) is 0.121. The Balaban J connectivity index is 1.33. The maximum atomic E-state index is 12.6. The second-order valence-corrected chi connectivity index (χ2v) is 9.11. The summed E-state index contributed by atoms with van der Waals surface area (Å²) in [5, 5.41) is 1.96. The average molecular weight is 553 g/mol. The molecule has 0 heterocycles. The van der Waals surface area contributed by atoms with Crippen LogP contribution in [0.3, 0.4) is 0 Å². The lowest BCUT2D eigenvalue weighted by molar-refractivity contribution is -0.146. The molecule has 0 unspecified atom stereocenters. The number of hydrogen-bond donors (Lipinski definition) is 0. The second-order valence-electron chi connectivity index (χ2n) is 9.11. The molecule has 0 bridgehead atoms. The minimum absolute atomic E-state index is 0.196. The Morgan fingerprint density at radius 2 is 1.07 bits per heavy atom. The number of ether oxygens (including phenoxy) is 5. The summed E-state index contributed by atoms with van der Waals surface area (Å²) in [6, 6.07) is 25.1. The zero-order valence-corrected chi connectivity index (χ0v) is 22.7. The van der Waals surface area contributed by atoms with Crippen molar-refractivity contribution >= 4 is 28.7 Å². The maximum Gasteiger partial charge on any atom is 0.343 e. The van der Waals surface area contributed by atoms with Gasteiger partial charge in [-0.15, -0.1) is 0 Å². The number of benzene rings is 4. The van der Waals surface area contributed by atoms with Gasteiger partial charge >= 0.3 is 17.9 Å². The van der Waals surface area contributed by atoms with Gasteiger partial charge in [0.05, 0.1) is 5.56 Å². The molecule has 4 aromatic carbocycles. The van der Waals surface area contributed by atoms with Gasteiger partial charge in [0.1, 0.15) is 17.2 Å². The fourth-order valence-corrected chi connectivity index (χ4v) is 3.61. The van der Waals surface area contributed by atoms with E-state index in [9.17, 15) is 14.4 Å². The molecule has 0 amide bonds. The van der Waals surface area contributed by atoms with Crippen LogP contribution in [0, 0.1) is 0 Å². The first-order valence-corrected chi connectivity index (χ1v) is 12.6. The highest BCUT2D eigenvalue weighted by Crippen LogP contribution is 2.28. The lowest BCUT2D eigenvalue weighted by atomic mass is 10.00. The van der Waals surface area contributed by atoms with Crippen LogP contribution in [-0.4, -0.2) is 31.5 Å². The van der Waals surface area contributed by atoms with Crippen LogP contribution in [0.2, 0.25) is 0 Å². The van der Waals surface area contributed by atoms with Gasteiger partial charge in [0.25, 0.3) is 0 Å². The van der Waals surface area contributed by atoms with Gasteiger partial charge in [0.2, 0.25) is 13.6 Å². The highest BCUT2D eigenvalue weighted by molar-refractivity contribution is 5.92. The molecule has 0 atom stereocenters. The normalized spacial score (nSPS) is 10.4. The standard InChI is InChI=1S/C33H28O8/c1-21(2)31(34)39-19-37-28-13-15-29(16-14-28)41-33(36)24-7-5-23(6-8-24)25-9-10-27-18-30(12-11-26(27)17-25)38-20-40-32(35)22(3)4/h5-18H,1,3,19-20H2,2,4H3. The molecule has 0 aliphatic carbocycles. The largest absolute Gasteiger partial charge is 0.457 e. The molecule has 4 rings (SSSR count). The quantitative estimate of drug-likeness (QED) is 0.0884. The van der Waals surface area contributed by atoms with Crippen molar-refractivity contribution in [2.75, 3.05) is 13.6 Å². The molecule has 4 aromatic rings. The third-order valence-corrected chi connectivity index (χ3v) is 5.83. The van der Waals surface area contributed by atoms with Gasteiger partial charge in [-0.3, -0.25) is 0 Å². The Bertz CT molecular complexity index is 1600. The van der Waals surface area contributed by atoms with E-state index in [2.05, 4.69) is 13.2 Å². The molecule has 0 fully saturated rings. The Kier molecular flexibility index (Phi) is 9.16. The van der Waals surface area contributed by atoms with E-state index in [1.807, 2.05) is 42.5 Å². The monoisotopic (exact) mass is 552 g/mol. The minimum atomic E-state index is -0.539. The molecule has 0 spiro atoms. The number of rotatable bonds is 11. The van der Waals surface area contributed by atoms with E-state index in [1.54, 1.807) is 56.3 Å². The summed E-state index contributed by atoms with van der Waals surface area (Å²) in [5.74, 6) is -0.169. The van der Waals surface area contributed by atoms with Gasteiger partial charge in [-0.2, -0.15) is 0 Å². The molecular formula is C33H28O8. The lowest BCUT2D eigenvalue weighted by Crippen LogP contribution is -2.10. The van der Waals surface area contributed by atoms with Crippen molar-refractivity contribution in [1.29, 1.82) is 0 Å². The predicted molar refractivity (Wildman–Crippen MR) is 154 cm³/mol. The van der Waals surface area contributed by atoms with Crippen LogP contribution in [0.15, 0.2) is 109 Å². The summed E-state index contributed by atoms with van der Waals surface area (Å²) in [7, 11) is 0. The van der Waals surface area contributed by atoms with Crippen molar-refractivity contribution in [1.82, 2.24) is 0 Å². The highest BCUT2D eigenvalue weighted by atomic mass is 16.7. The van der Waals surface area contributed by atoms with Crippen LogP contribution in [0.25, 0.3) is 21.9 Å². The average Bonchev–Trinajstić information content (AvgIpc) is 2.97. The van der Waals surface area contributed by atoms with Gasteiger partial charge < -0.3 is 23.7 Å². The van der Waals surface area contributed by atoms with E-state index < -0.39 is 17.9 Å². The Hall–Kier alpha value is -5.37. The number of carbonyl (C=O) groups is 3. The fourth-order valence-electron chi connectivity index (χ4n) is 3.61. The first-order valence-electron chi connectivity index (χ1n) is 12.6. The molecule has 0 N–H and O–H groups in total. The van der Waals surface area contributed by atoms with E-state index in [0.717, 1.165) is 21.9 Å². The predicted octanol–water partition coefficient (Wildman–Crippen LogP) is 6.64. The van der Waals surface area contributed by atoms with Crippen molar-refractivity contribution in [3.05, 3.63) is 115 Å². The van der Waals surface area contributed by atoms with Crippen LogP contribution in [0.5, 0.6) is 17.2 Å². The van der Waals surface area contributed by atoms with Crippen LogP contribution >= 0.6 is 0 Å². The van der Waals surface area contributed by atoms with Crippen molar-refractivity contribution in [2.45, 2.75) is 13.8 Å². The van der Waals surface area contributed by atoms with E-state index in [0.29, 0.717) is 28.4 Å². The number of fused-ring (bicyclic) bond motifs is 1. The molecule has 0 aliphatic rings. The van der Waals surface area contributed by atoms with E-state index >= 15 is 0 Å². The molecule has 0 saturated carbocycles. The van der Waals surface area contributed by atoms with Crippen molar-refractivity contribution in [2.24, 2.45) is 0 Å². The second kappa shape index (κ2) is 13.1. The molecular weight excluding hydrogens is 524 g/mol. The zero-order chi connectivity index (χ0) is 29.4. The number of esters is 3. The summed E-state index contributed by atoms with van der Waals surface area (Å²) >= 11 is 0. The van der Waals surface area contributed by atoms with Crippen molar-refractivity contribution in [3.63, 3.8) is 0 Å². The van der Waals surface area contributed by atoms with E-state index in [-0.39, 0.29) is 19.2 Å². The first kappa shape index (κ1) is 28.6. The molecule has 208 valence electrons. The summed E-state index contributed by atoms with van der Waals surface area (Å²) < 4.78 is 26.2. The molecule has 8 heteroatoms. The third-order valence-electron chi connectivity index (χ3n) is 5.83. The Labute approximate surface area is 237 Å². The topological polar surface area (TPSA) is 97.4 Å². The Morgan fingerprint density at radius 1 is 0.585 bits per heavy atom. The van der Waals surface area contributed by atoms with Crippen LogP contribution < -0.4 is 14.2 Å². The summed E-state index contributed by atoms with van der Waals surface area (Å²) in [6.07, 6.45) is 0. The maximum absolute atomic E-state index is 12.6. The van der Waals surface area contributed by atoms with Crippen LogP contribution in [-0.2, 0) is 19.1 Å². The van der Waals surface area contributed by atoms with Crippen LogP contribution in [0.1, 0.15) is 24.2 Å². The SMILES string of the molecule is C=C(C)C(=O)OCOc1ccc(OC(=O)c2ccc(-c3ccc4cc(OCOC(=O)C(=C)C)ccc4c3)cc2)cc1. The number of hydrogen-bond acceptors (Lipinski definition) is 8. The minimum Gasteiger partial charge on any atom is -0.457 e. The van der Waals surface area contributed by atoms with Gasteiger partial charge in [-0.25, -0.2) is 14.4 Å². The molecule has 41 heavy (non-hydrogen) atoms. The van der Waals surface area contributed by atoms with Gasteiger partial charge in [0.15, 0.2) is 0 Å². The molecule has 0 aromatic heterocycles.